The van der Waals surface area contributed by atoms with E-state index in [4.69, 9.17) is 10.5 Å². The minimum atomic E-state index is -0.218. The number of ether oxygens (including phenoxy) is 1. The molecule has 6 nitrogen and oxygen atoms in total. The van der Waals surface area contributed by atoms with Gasteiger partial charge in [0.2, 0.25) is 0 Å². The van der Waals surface area contributed by atoms with Crippen LogP contribution in [0.15, 0.2) is 24.4 Å². The van der Waals surface area contributed by atoms with Gasteiger partial charge in [0.1, 0.15) is 9.71 Å². The van der Waals surface area contributed by atoms with Gasteiger partial charge in [-0.3, -0.25) is 4.79 Å². The second-order valence-electron chi connectivity index (χ2n) is 4.36. The van der Waals surface area contributed by atoms with Gasteiger partial charge >= 0.3 is 0 Å². The first-order valence-electron chi connectivity index (χ1n) is 6.09. The van der Waals surface area contributed by atoms with E-state index in [1.807, 2.05) is 6.92 Å². The summed E-state index contributed by atoms with van der Waals surface area (Å²) in [4.78, 5) is 13.1. The van der Waals surface area contributed by atoms with Crippen molar-refractivity contribution in [3.63, 3.8) is 0 Å². The number of carbonyl (C=O) groups excluding carboxylic acids is 1. The molecule has 3 N–H and O–H groups in total. The first-order valence-corrected chi connectivity index (χ1v) is 6.91. The fourth-order valence-electron chi connectivity index (χ4n) is 1.61. The topological polar surface area (TPSA) is 90.1 Å². The van der Waals surface area contributed by atoms with Crippen molar-refractivity contribution in [2.45, 2.75) is 6.92 Å². The van der Waals surface area contributed by atoms with E-state index < -0.39 is 0 Å². The van der Waals surface area contributed by atoms with Gasteiger partial charge in [-0.1, -0.05) is 12.2 Å². The van der Waals surface area contributed by atoms with Crippen LogP contribution < -0.4 is 11.1 Å². The summed E-state index contributed by atoms with van der Waals surface area (Å²) in [6, 6.07) is 1.75. The van der Waals surface area contributed by atoms with Gasteiger partial charge in [0, 0.05) is 11.9 Å². The van der Waals surface area contributed by atoms with Gasteiger partial charge in [-0.2, -0.15) is 5.10 Å². The van der Waals surface area contributed by atoms with E-state index in [0.717, 1.165) is 11.0 Å². The molecule has 0 spiro atoms. The first-order chi connectivity index (χ1) is 9.59. The summed E-state index contributed by atoms with van der Waals surface area (Å²) in [5.41, 5.74) is 7.34. The van der Waals surface area contributed by atoms with Crippen LogP contribution in [0.3, 0.4) is 0 Å². The minimum absolute atomic E-state index is 0.218. The van der Waals surface area contributed by atoms with E-state index in [1.165, 1.54) is 11.3 Å². The molecule has 0 saturated heterocycles. The molecule has 2 aromatic heterocycles. The third-order valence-electron chi connectivity index (χ3n) is 2.51. The van der Waals surface area contributed by atoms with Crippen LogP contribution in [-0.4, -0.2) is 35.9 Å². The van der Waals surface area contributed by atoms with Crippen molar-refractivity contribution >= 4 is 33.1 Å². The van der Waals surface area contributed by atoms with Gasteiger partial charge in [-0.25, -0.2) is 0 Å². The van der Waals surface area contributed by atoms with Crippen molar-refractivity contribution in [1.29, 1.82) is 0 Å². The molecule has 0 aliphatic heterocycles. The maximum Gasteiger partial charge on any atom is 0.263 e. The molecule has 0 unspecified atom stereocenters. The molecule has 0 radical (unpaired) electrons. The molecular weight excluding hydrogens is 276 g/mol. The summed E-state index contributed by atoms with van der Waals surface area (Å²) in [6.07, 6.45) is 1.55. The molecule has 0 fully saturated rings. The number of nitrogens with zero attached hydrogens (tertiary/aromatic N) is 2. The Bertz CT molecular complexity index is 638. The number of nitrogen functional groups attached to an aromatic ring is 1. The maximum absolute atomic E-state index is 12.0. The van der Waals surface area contributed by atoms with Crippen LogP contribution in [0.25, 0.3) is 10.2 Å². The Kier molecular flexibility index (Phi) is 4.65. The Hall–Kier alpha value is -1.99. The van der Waals surface area contributed by atoms with Gasteiger partial charge in [-0.05, 0) is 13.0 Å². The Morgan fingerprint density at radius 3 is 3.10 bits per heavy atom. The van der Waals surface area contributed by atoms with Crippen LogP contribution in [0.5, 0.6) is 0 Å². The van der Waals surface area contributed by atoms with Crippen molar-refractivity contribution < 1.29 is 9.53 Å². The van der Waals surface area contributed by atoms with Crippen LogP contribution in [0.2, 0.25) is 0 Å². The molecule has 0 atom stereocenters. The van der Waals surface area contributed by atoms with Gasteiger partial charge in [0.05, 0.1) is 25.1 Å². The van der Waals surface area contributed by atoms with Gasteiger partial charge in [0.25, 0.3) is 5.91 Å². The highest BCUT2D eigenvalue weighted by Gasteiger charge is 2.16. The van der Waals surface area contributed by atoms with Crippen molar-refractivity contribution in [1.82, 2.24) is 15.5 Å². The molecule has 0 aliphatic rings. The lowest BCUT2D eigenvalue weighted by Crippen LogP contribution is -2.27. The number of thiophene rings is 1. The lowest BCUT2D eigenvalue weighted by atomic mass is 10.3. The van der Waals surface area contributed by atoms with Gasteiger partial charge in [0.15, 0.2) is 0 Å². The molecule has 1 amide bonds. The Morgan fingerprint density at radius 1 is 1.60 bits per heavy atom. The molecular formula is C13H16N4O2S. The Balaban J connectivity index is 1.94. The number of nitrogens with two attached hydrogens (primary N) is 1. The number of hydrogen-bond acceptors (Lipinski definition) is 6. The SMILES string of the molecule is C=C(C)COCCNC(=O)c1sc2nnccc2c1N. The molecule has 0 saturated carbocycles. The smallest absolute Gasteiger partial charge is 0.263 e. The number of carbonyl (C=O) groups is 1. The van der Waals surface area contributed by atoms with Gasteiger partial charge < -0.3 is 15.8 Å². The van der Waals surface area contributed by atoms with Crippen LogP contribution in [0, 0.1) is 0 Å². The summed E-state index contributed by atoms with van der Waals surface area (Å²) in [6.45, 7) is 6.97. The summed E-state index contributed by atoms with van der Waals surface area (Å²) < 4.78 is 5.31. The summed E-state index contributed by atoms with van der Waals surface area (Å²) in [5.74, 6) is -0.218. The van der Waals surface area contributed by atoms with E-state index in [2.05, 4.69) is 22.1 Å². The lowest BCUT2D eigenvalue weighted by molar-refractivity contribution is 0.0931. The number of hydrogen-bond donors (Lipinski definition) is 2. The molecule has 2 rings (SSSR count). The summed E-state index contributed by atoms with van der Waals surface area (Å²) in [7, 11) is 0. The quantitative estimate of drug-likeness (QED) is 0.623. The largest absolute Gasteiger partial charge is 0.397 e. The molecule has 20 heavy (non-hydrogen) atoms. The lowest BCUT2D eigenvalue weighted by Gasteiger charge is -2.05. The van der Waals surface area contributed by atoms with E-state index >= 15 is 0 Å². The highest BCUT2D eigenvalue weighted by atomic mass is 32.1. The van der Waals surface area contributed by atoms with Crippen LogP contribution in [0.1, 0.15) is 16.6 Å². The standard InChI is InChI=1S/C13H16N4O2S/c1-8(2)7-19-6-5-15-12(18)11-10(14)9-3-4-16-17-13(9)20-11/h3-4H,1,5-7,14H2,2H3,(H,15,18). The number of aromatic nitrogens is 2. The van der Waals surface area contributed by atoms with E-state index in [-0.39, 0.29) is 5.91 Å². The molecule has 7 heteroatoms. The predicted octanol–water partition coefficient (Wildman–Crippen LogP) is 1.60. The van der Waals surface area contributed by atoms with E-state index in [9.17, 15) is 4.79 Å². The predicted molar refractivity (Wildman–Crippen MR) is 79.8 cm³/mol. The van der Waals surface area contributed by atoms with Crippen LogP contribution >= 0.6 is 11.3 Å². The van der Waals surface area contributed by atoms with E-state index in [1.54, 1.807) is 12.3 Å². The second-order valence-corrected chi connectivity index (χ2v) is 5.36. The third-order valence-corrected chi connectivity index (χ3v) is 3.61. The first kappa shape index (κ1) is 14.4. The highest BCUT2D eigenvalue weighted by molar-refractivity contribution is 7.21. The van der Waals surface area contributed by atoms with Crippen molar-refractivity contribution in [3.05, 3.63) is 29.3 Å². The zero-order valence-electron chi connectivity index (χ0n) is 11.2. The molecule has 0 aromatic carbocycles. The number of amides is 1. The number of fused-ring (bicyclic) bond motifs is 1. The maximum atomic E-state index is 12.0. The summed E-state index contributed by atoms with van der Waals surface area (Å²) >= 11 is 1.24. The Labute approximate surface area is 120 Å². The second kappa shape index (κ2) is 6.44. The van der Waals surface area contributed by atoms with Gasteiger partial charge in [-0.15, -0.1) is 16.4 Å². The molecule has 0 aliphatic carbocycles. The average Bonchev–Trinajstić information content (AvgIpc) is 2.76. The number of anilines is 1. The molecule has 0 bridgehead atoms. The fraction of sp³-hybridized carbons (Fsp3) is 0.308. The molecule has 106 valence electrons. The monoisotopic (exact) mass is 292 g/mol. The number of rotatable bonds is 6. The Morgan fingerprint density at radius 2 is 2.40 bits per heavy atom. The summed E-state index contributed by atoms with van der Waals surface area (Å²) in [5, 5.41) is 11.2. The fourth-order valence-corrected chi connectivity index (χ4v) is 2.56. The minimum Gasteiger partial charge on any atom is -0.397 e. The molecule has 2 aromatic rings. The van der Waals surface area contributed by atoms with Crippen LogP contribution in [-0.2, 0) is 4.74 Å². The normalized spacial score (nSPS) is 10.7. The van der Waals surface area contributed by atoms with Crippen molar-refractivity contribution in [3.8, 4) is 0 Å². The van der Waals surface area contributed by atoms with Crippen LogP contribution in [0.4, 0.5) is 5.69 Å². The molecule has 2 heterocycles. The van der Waals surface area contributed by atoms with Crippen molar-refractivity contribution in [2.75, 3.05) is 25.5 Å². The van der Waals surface area contributed by atoms with Crippen molar-refractivity contribution in [2.24, 2.45) is 0 Å². The zero-order chi connectivity index (χ0) is 14.5. The third kappa shape index (κ3) is 3.31. The highest BCUT2D eigenvalue weighted by Crippen LogP contribution is 2.31. The van der Waals surface area contributed by atoms with E-state index in [0.29, 0.717) is 35.2 Å². The average molecular weight is 292 g/mol. The zero-order valence-corrected chi connectivity index (χ0v) is 12.0. The number of nitrogens with one attached hydrogen (secondary N) is 1.